The number of carbonyl (C=O) groups is 2. The SMILES string of the molecule is CC(/C(N)=N/O)N1C(=O)c2ccccc2C1=O. The Bertz CT molecular complexity index is 489. The maximum absolute atomic E-state index is 12.0. The van der Waals surface area contributed by atoms with Crippen LogP contribution in [0.1, 0.15) is 27.6 Å². The predicted molar refractivity (Wildman–Crippen MR) is 59.8 cm³/mol. The van der Waals surface area contributed by atoms with Crippen molar-refractivity contribution < 1.29 is 14.8 Å². The summed E-state index contributed by atoms with van der Waals surface area (Å²) < 4.78 is 0. The molecule has 1 unspecified atom stereocenters. The molecule has 3 N–H and O–H groups in total. The summed E-state index contributed by atoms with van der Waals surface area (Å²) in [6.45, 7) is 1.52. The fraction of sp³-hybridized carbons (Fsp3) is 0.182. The zero-order chi connectivity index (χ0) is 12.6. The highest BCUT2D eigenvalue weighted by Crippen LogP contribution is 2.24. The Morgan fingerprint density at radius 3 is 2.18 bits per heavy atom. The fourth-order valence-corrected chi connectivity index (χ4v) is 1.78. The van der Waals surface area contributed by atoms with Crippen LogP contribution in [0.5, 0.6) is 0 Å². The predicted octanol–water partition coefficient (Wildman–Crippen LogP) is 0.417. The molecule has 2 rings (SSSR count). The number of imide groups is 1. The smallest absolute Gasteiger partial charge is 0.262 e. The van der Waals surface area contributed by atoms with Crippen LogP contribution in [0.2, 0.25) is 0 Å². The highest BCUT2D eigenvalue weighted by molar-refractivity contribution is 6.22. The Labute approximate surface area is 97.3 Å². The summed E-state index contributed by atoms with van der Waals surface area (Å²) in [6.07, 6.45) is 0. The summed E-state index contributed by atoms with van der Waals surface area (Å²) in [5, 5.41) is 11.4. The number of hydrogen-bond donors (Lipinski definition) is 2. The minimum Gasteiger partial charge on any atom is -0.409 e. The van der Waals surface area contributed by atoms with Crippen molar-refractivity contribution in [3.63, 3.8) is 0 Å². The van der Waals surface area contributed by atoms with Crippen molar-refractivity contribution in [2.24, 2.45) is 10.9 Å². The van der Waals surface area contributed by atoms with Gasteiger partial charge in [0.2, 0.25) is 0 Å². The standard InChI is InChI=1S/C11H11N3O3/c1-6(9(12)13-17)14-10(15)7-4-2-3-5-8(7)11(14)16/h2-6,17H,1H3,(H2,12,13). The van der Waals surface area contributed by atoms with Gasteiger partial charge in [0.25, 0.3) is 11.8 Å². The van der Waals surface area contributed by atoms with Crippen molar-refractivity contribution in [3.05, 3.63) is 35.4 Å². The molecule has 1 aliphatic rings. The van der Waals surface area contributed by atoms with Gasteiger partial charge in [0.1, 0.15) is 0 Å². The zero-order valence-corrected chi connectivity index (χ0v) is 9.12. The summed E-state index contributed by atoms with van der Waals surface area (Å²) >= 11 is 0. The second-order valence-electron chi connectivity index (χ2n) is 3.73. The van der Waals surface area contributed by atoms with Crippen LogP contribution in [0.15, 0.2) is 29.4 Å². The summed E-state index contributed by atoms with van der Waals surface area (Å²) in [5.41, 5.74) is 6.09. The van der Waals surface area contributed by atoms with Crippen molar-refractivity contribution in [3.8, 4) is 0 Å². The monoisotopic (exact) mass is 233 g/mol. The van der Waals surface area contributed by atoms with Crippen LogP contribution in [0.3, 0.4) is 0 Å². The van der Waals surface area contributed by atoms with E-state index >= 15 is 0 Å². The third-order valence-electron chi connectivity index (χ3n) is 2.76. The lowest BCUT2D eigenvalue weighted by Gasteiger charge is -2.20. The first-order valence-electron chi connectivity index (χ1n) is 5.02. The van der Waals surface area contributed by atoms with Gasteiger partial charge in [0.15, 0.2) is 5.84 Å². The molecule has 0 radical (unpaired) electrons. The van der Waals surface area contributed by atoms with E-state index in [1.807, 2.05) is 0 Å². The third-order valence-corrected chi connectivity index (χ3v) is 2.76. The number of oxime groups is 1. The Hall–Kier alpha value is -2.37. The number of amides is 2. The van der Waals surface area contributed by atoms with Crippen molar-refractivity contribution >= 4 is 17.6 Å². The number of carbonyl (C=O) groups excluding carboxylic acids is 2. The van der Waals surface area contributed by atoms with Gasteiger partial charge in [0, 0.05) is 0 Å². The first kappa shape index (κ1) is 11.1. The quantitative estimate of drug-likeness (QED) is 0.254. The Kier molecular flexibility index (Phi) is 2.55. The molecule has 0 spiro atoms. The molecule has 0 bridgehead atoms. The van der Waals surface area contributed by atoms with Crippen molar-refractivity contribution in [1.29, 1.82) is 0 Å². The molecule has 2 amide bonds. The topological polar surface area (TPSA) is 96.0 Å². The number of nitrogens with two attached hydrogens (primary N) is 1. The summed E-state index contributed by atoms with van der Waals surface area (Å²) in [6, 6.07) is 5.75. The van der Waals surface area contributed by atoms with Crippen LogP contribution in [0, 0.1) is 0 Å². The number of amidine groups is 1. The summed E-state index contributed by atoms with van der Waals surface area (Å²) in [5.74, 6) is -1.03. The normalized spacial score (nSPS) is 17.2. The minimum atomic E-state index is -0.771. The molecule has 1 atom stereocenters. The summed E-state index contributed by atoms with van der Waals surface area (Å²) in [4.78, 5) is 24.9. The molecule has 1 aliphatic heterocycles. The largest absolute Gasteiger partial charge is 0.409 e. The minimum absolute atomic E-state index is 0.181. The molecule has 88 valence electrons. The molecule has 17 heavy (non-hydrogen) atoms. The molecule has 1 aromatic carbocycles. The van der Waals surface area contributed by atoms with Crippen molar-refractivity contribution in [1.82, 2.24) is 4.90 Å². The lowest BCUT2D eigenvalue weighted by molar-refractivity contribution is 0.0633. The van der Waals surface area contributed by atoms with Gasteiger partial charge in [-0.05, 0) is 19.1 Å². The van der Waals surface area contributed by atoms with E-state index in [0.29, 0.717) is 11.1 Å². The van der Waals surface area contributed by atoms with Crippen LogP contribution in [-0.4, -0.2) is 33.8 Å². The second-order valence-corrected chi connectivity index (χ2v) is 3.73. The molecule has 0 saturated carbocycles. The van der Waals surface area contributed by atoms with Crippen LogP contribution < -0.4 is 5.73 Å². The van der Waals surface area contributed by atoms with E-state index in [1.54, 1.807) is 24.3 Å². The van der Waals surface area contributed by atoms with Gasteiger partial charge in [0.05, 0.1) is 17.2 Å². The Balaban J connectivity index is 2.43. The average Bonchev–Trinajstić information content (AvgIpc) is 2.61. The molecule has 0 aromatic heterocycles. The van der Waals surface area contributed by atoms with E-state index in [4.69, 9.17) is 10.9 Å². The molecular formula is C11H11N3O3. The average molecular weight is 233 g/mol. The number of nitrogens with zero attached hydrogens (tertiary/aromatic N) is 2. The highest BCUT2D eigenvalue weighted by Gasteiger charge is 2.39. The highest BCUT2D eigenvalue weighted by atomic mass is 16.4. The lowest BCUT2D eigenvalue weighted by atomic mass is 10.1. The van der Waals surface area contributed by atoms with E-state index in [1.165, 1.54) is 6.92 Å². The number of benzene rings is 1. The molecule has 0 aliphatic carbocycles. The van der Waals surface area contributed by atoms with E-state index in [9.17, 15) is 9.59 Å². The van der Waals surface area contributed by atoms with Crippen LogP contribution in [0.25, 0.3) is 0 Å². The van der Waals surface area contributed by atoms with Gasteiger partial charge in [-0.1, -0.05) is 17.3 Å². The molecule has 6 nitrogen and oxygen atoms in total. The molecule has 1 heterocycles. The third kappa shape index (κ3) is 1.54. The summed E-state index contributed by atoms with van der Waals surface area (Å²) in [7, 11) is 0. The maximum atomic E-state index is 12.0. The lowest BCUT2D eigenvalue weighted by Crippen LogP contribution is -2.46. The van der Waals surface area contributed by atoms with Crippen molar-refractivity contribution in [2.45, 2.75) is 13.0 Å². The fourth-order valence-electron chi connectivity index (χ4n) is 1.78. The molecule has 1 aromatic rings. The number of fused-ring (bicyclic) bond motifs is 1. The van der Waals surface area contributed by atoms with Gasteiger partial charge in [-0.15, -0.1) is 0 Å². The van der Waals surface area contributed by atoms with Gasteiger partial charge in [-0.3, -0.25) is 14.5 Å². The van der Waals surface area contributed by atoms with Crippen molar-refractivity contribution in [2.75, 3.05) is 0 Å². The van der Waals surface area contributed by atoms with E-state index in [0.717, 1.165) is 4.90 Å². The zero-order valence-electron chi connectivity index (χ0n) is 9.12. The van der Waals surface area contributed by atoms with Gasteiger partial charge in [-0.25, -0.2) is 0 Å². The van der Waals surface area contributed by atoms with Gasteiger partial charge in [-0.2, -0.15) is 0 Å². The van der Waals surface area contributed by atoms with Crippen LogP contribution in [0.4, 0.5) is 0 Å². The molecule has 6 heteroatoms. The van der Waals surface area contributed by atoms with Gasteiger partial charge < -0.3 is 10.9 Å². The number of rotatable bonds is 2. The Morgan fingerprint density at radius 1 is 1.29 bits per heavy atom. The van der Waals surface area contributed by atoms with E-state index in [-0.39, 0.29) is 5.84 Å². The van der Waals surface area contributed by atoms with Crippen LogP contribution >= 0.6 is 0 Å². The number of hydrogen-bond acceptors (Lipinski definition) is 4. The molecule has 0 fully saturated rings. The first-order chi connectivity index (χ1) is 8.07. The van der Waals surface area contributed by atoms with E-state index < -0.39 is 17.9 Å². The second kappa shape index (κ2) is 3.89. The Morgan fingerprint density at radius 2 is 1.76 bits per heavy atom. The molecule has 0 saturated heterocycles. The van der Waals surface area contributed by atoms with Crippen LogP contribution in [-0.2, 0) is 0 Å². The maximum Gasteiger partial charge on any atom is 0.262 e. The van der Waals surface area contributed by atoms with E-state index in [2.05, 4.69) is 5.16 Å². The molecular weight excluding hydrogens is 222 g/mol. The van der Waals surface area contributed by atoms with Gasteiger partial charge >= 0.3 is 0 Å². The first-order valence-corrected chi connectivity index (χ1v) is 5.02.